The highest BCUT2D eigenvalue weighted by molar-refractivity contribution is 7.89. The monoisotopic (exact) mass is 436 g/mol. The number of non-ortho nitro benzene ring substituents is 1. The zero-order valence-corrected chi connectivity index (χ0v) is 16.0. The molecule has 12 heteroatoms. The number of ether oxygens (including phenoxy) is 1. The van der Waals surface area contributed by atoms with Crippen molar-refractivity contribution < 1.29 is 36.0 Å². The third-order valence-corrected chi connectivity index (χ3v) is 7.26. The number of carbonyl (C=O) groups is 1. The van der Waals surface area contributed by atoms with Crippen LogP contribution in [0.4, 0.5) is 18.9 Å². The fourth-order valence-electron chi connectivity index (χ4n) is 4.13. The van der Waals surface area contributed by atoms with Gasteiger partial charge in [0.25, 0.3) is 5.69 Å². The predicted molar refractivity (Wildman–Crippen MR) is 93.3 cm³/mol. The number of alkyl halides is 3. The molecule has 0 amide bonds. The van der Waals surface area contributed by atoms with E-state index in [0.717, 1.165) is 41.4 Å². The minimum absolute atomic E-state index is 0.104. The van der Waals surface area contributed by atoms with Gasteiger partial charge in [-0.1, -0.05) is 12.8 Å². The summed E-state index contributed by atoms with van der Waals surface area (Å²) in [4.78, 5) is 21.2. The molecule has 1 unspecified atom stereocenters. The lowest BCUT2D eigenvalue weighted by molar-refractivity contribution is -0.384. The molecular formula is C17H19F3N2O6S. The molecule has 2 fully saturated rings. The van der Waals surface area contributed by atoms with Gasteiger partial charge in [-0.3, -0.25) is 10.1 Å². The van der Waals surface area contributed by atoms with Gasteiger partial charge in [0.05, 0.1) is 16.4 Å². The van der Waals surface area contributed by atoms with Crippen molar-refractivity contribution in [1.29, 1.82) is 0 Å². The molecule has 1 aliphatic heterocycles. The van der Waals surface area contributed by atoms with E-state index in [4.69, 9.17) is 0 Å². The third kappa shape index (κ3) is 4.53. The lowest BCUT2D eigenvalue weighted by Gasteiger charge is -2.43. The summed E-state index contributed by atoms with van der Waals surface area (Å²) in [5.41, 5.74) is -0.838. The Kier molecular flexibility index (Phi) is 5.60. The highest BCUT2D eigenvalue weighted by Crippen LogP contribution is 2.46. The molecule has 0 N–H and O–H groups in total. The molecule has 1 aliphatic carbocycles. The first kappa shape index (κ1) is 21.5. The van der Waals surface area contributed by atoms with Crippen LogP contribution in [0.1, 0.15) is 32.1 Å². The molecule has 1 saturated carbocycles. The van der Waals surface area contributed by atoms with Gasteiger partial charge in [-0.15, -0.1) is 0 Å². The van der Waals surface area contributed by atoms with E-state index >= 15 is 0 Å². The summed E-state index contributed by atoms with van der Waals surface area (Å²) < 4.78 is 69.5. The number of nitro benzene ring substituents is 1. The Labute approximate surface area is 164 Å². The number of piperidine rings is 1. The van der Waals surface area contributed by atoms with E-state index in [9.17, 15) is 36.5 Å². The molecule has 0 radical (unpaired) electrons. The molecule has 3 rings (SSSR count). The number of nitrogens with zero attached hydrogens (tertiary/aromatic N) is 2. The van der Waals surface area contributed by atoms with Crippen LogP contribution in [0.25, 0.3) is 0 Å². The summed E-state index contributed by atoms with van der Waals surface area (Å²) in [5.74, 6) is -2.34. The van der Waals surface area contributed by atoms with Crippen LogP contribution < -0.4 is 0 Å². The van der Waals surface area contributed by atoms with Crippen LogP contribution in [-0.4, -0.2) is 49.0 Å². The van der Waals surface area contributed by atoms with Crippen LogP contribution >= 0.6 is 0 Å². The van der Waals surface area contributed by atoms with Gasteiger partial charge in [0.2, 0.25) is 10.0 Å². The summed E-state index contributed by atoms with van der Waals surface area (Å²) in [6, 6.07) is 4.26. The van der Waals surface area contributed by atoms with Crippen molar-refractivity contribution in [3.8, 4) is 0 Å². The fourth-order valence-corrected chi connectivity index (χ4v) is 5.72. The van der Waals surface area contributed by atoms with E-state index in [1.165, 1.54) is 0 Å². The molecule has 29 heavy (non-hydrogen) atoms. The standard InChI is InChI=1S/C17H19F3N2O6S/c18-17(19,20)15(23)28-13-9-16(7-1-2-8-16)11-21(10-13)29(26,27)14-5-3-12(4-6-14)22(24)25/h3-6,13H,1-2,7-11H2. The van der Waals surface area contributed by atoms with Crippen LogP contribution in [-0.2, 0) is 19.6 Å². The highest BCUT2D eigenvalue weighted by atomic mass is 32.2. The van der Waals surface area contributed by atoms with Gasteiger partial charge in [0, 0.05) is 18.7 Å². The number of nitro groups is 1. The second kappa shape index (κ2) is 7.56. The van der Waals surface area contributed by atoms with Gasteiger partial charge in [0.1, 0.15) is 6.10 Å². The SMILES string of the molecule is O=C(OC1CN(S(=O)(=O)c2ccc([N+](=O)[O-])cc2)CC2(CCCC2)C1)C(F)(F)F. The van der Waals surface area contributed by atoms with E-state index in [0.29, 0.717) is 12.8 Å². The molecule has 0 aromatic heterocycles. The number of esters is 1. The first-order chi connectivity index (χ1) is 13.4. The number of halogens is 3. The summed E-state index contributed by atoms with van der Waals surface area (Å²) in [6.07, 6.45) is -3.34. The van der Waals surface area contributed by atoms with Crippen molar-refractivity contribution >= 4 is 21.7 Å². The smallest absolute Gasteiger partial charge is 0.454 e. The zero-order chi connectivity index (χ0) is 21.4. The van der Waals surface area contributed by atoms with Gasteiger partial charge in [-0.05, 0) is 36.8 Å². The number of hydrogen-bond acceptors (Lipinski definition) is 6. The summed E-state index contributed by atoms with van der Waals surface area (Å²) in [5, 5.41) is 10.8. The van der Waals surface area contributed by atoms with E-state index < -0.39 is 45.2 Å². The number of rotatable bonds is 4. The molecule has 1 spiro atoms. The Morgan fingerprint density at radius 2 is 1.79 bits per heavy atom. The maximum absolute atomic E-state index is 13.0. The van der Waals surface area contributed by atoms with Crippen molar-refractivity contribution in [2.75, 3.05) is 13.1 Å². The van der Waals surface area contributed by atoms with Crippen LogP contribution in [0.5, 0.6) is 0 Å². The normalized spacial score (nSPS) is 22.5. The van der Waals surface area contributed by atoms with Gasteiger partial charge in [-0.2, -0.15) is 17.5 Å². The number of sulfonamides is 1. The molecule has 1 saturated heterocycles. The van der Waals surface area contributed by atoms with Crippen LogP contribution in [0.3, 0.4) is 0 Å². The van der Waals surface area contributed by atoms with Gasteiger partial charge < -0.3 is 4.74 Å². The predicted octanol–water partition coefficient (Wildman–Crippen LogP) is 3.02. The summed E-state index contributed by atoms with van der Waals surface area (Å²) >= 11 is 0. The molecule has 8 nitrogen and oxygen atoms in total. The van der Waals surface area contributed by atoms with E-state index in [2.05, 4.69) is 4.74 Å². The first-order valence-electron chi connectivity index (χ1n) is 8.95. The Morgan fingerprint density at radius 3 is 2.31 bits per heavy atom. The Bertz CT molecular complexity index is 895. The number of hydrogen-bond donors (Lipinski definition) is 0. The van der Waals surface area contributed by atoms with Gasteiger partial charge in [-0.25, -0.2) is 13.2 Å². The summed E-state index contributed by atoms with van der Waals surface area (Å²) in [6.45, 7) is -0.296. The van der Waals surface area contributed by atoms with Crippen molar-refractivity contribution in [2.45, 2.75) is 49.3 Å². The minimum atomic E-state index is -5.16. The molecule has 1 heterocycles. The number of benzene rings is 1. The Hall–Kier alpha value is -2.21. The quantitative estimate of drug-likeness (QED) is 0.408. The van der Waals surface area contributed by atoms with E-state index in [1.54, 1.807) is 0 Å². The average molecular weight is 436 g/mol. The maximum atomic E-state index is 13.0. The largest absolute Gasteiger partial charge is 0.490 e. The maximum Gasteiger partial charge on any atom is 0.490 e. The fraction of sp³-hybridized carbons (Fsp3) is 0.588. The topological polar surface area (TPSA) is 107 Å². The molecule has 1 aromatic rings. The molecular weight excluding hydrogens is 417 g/mol. The Morgan fingerprint density at radius 1 is 1.21 bits per heavy atom. The third-order valence-electron chi connectivity index (χ3n) is 5.43. The molecule has 0 bridgehead atoms. The second-order valence-corrected chi connectivity index (χ2v) is 9.42. The molecule has 1 aromatic carbocycles. The highest BCUT2D eigenvalue weighted by Gasteiger charge is 2.49. The van der Waals surface area contributed by atoms with E-state index in [-0.39, 0.29) is 23.5 Å². The van der Waals surface area contributed by atoms with Gasteiger partial charge in [0.15, 0.2) is 0 Å². The lowest BCUT2D eigenvalue weighted by atomic mass is 9.78. The van der Waals surface area contributed by atoms with Crippen molar-refractivity contribution in [2.24, 2.45) is 5.41 Å². The minimum Gasteiger partial charge on any atom is -0.454 e. The zero-order valence-electron chi connectivity index (χ0n) is 15.2. The average Bonchev–Trinajstić information content (AvgIpc) is 3.07. The molecule has 1 atom stereocenters. The van der Waals surface area contributed by atoms with Crippen molar-refractivity contribution in [3.63, 3.8) is 0 Å². The molecule has 160 valence electrons. The first-order valence-corrected chi connectivity index (χ1v) is 10.4. The van der Waals surface area contributed by atoms with Crippen LogP contribution in [0, 0.1) is 15.5 Å². The molecule has 2 aliphatic rings. The van der Waals surface area contributed by atoms with Gasteiger partial charge >= 0.3 is 12.1 Å². The lowest BCUT2D eigenvalue weighted by Crippen LogP contribution is -2.52. The Balaban J connectivity index is 1.87. The van der Waals surface area contributed by atoms with Crippen LogP contribution in [0.15, 0.2) is 29.2 Å². The second-order valence-electron chi connectivity index (χ2n) is 7.48. The van der Waals surface area contributed by atoms with Crippen molar-refractivity contribution in [3.05, 3.63) is 34.4 Å². The number of carbonyl (C=O) groups excluding carboxylic acids is 1. The van der Waals surface area contributed by atoms with Crippen molar-refractivity contribution in [1.82, 2.24) is 4.31 Å². The van der Waals surface area contributed by atoms with Crippen LogP contribution in [0.2, 0.25) is 0 Å². The summed E-state index contributed by atoms with van der Waals surface area (Å²) in [7, 11) is -4.13. The van der Waals surface area contributed by atoms with E-state index in [1.807, 2.05) is 0 Å².